The Hall–Kier alpha value is -4.43. The molecule has 3 rings (SSSR count). The van der Waals surface area contributed by atoms with E-state index in [1.165, 1.54) is 14.2 Å². The summed E-state index contributed by atoms with van der Waals surface area (Å²) in [6.07, 6.45) is -0.657. The van der Waals surface area contributed by atoms with Crippen LogP contribution in [0.5, 0.6) is 0 Å². The molecule has 3 aromatic carbocycles. The Morgan fingerprint density at radius 1 is 0.917 bits per heavy atom. The van der Waals surface area contributed by atoms with Gasteiger partial charge in [-0.2, -0.15) is 0 Å². The molecule has 1 unspecified atom stereocenters. The normalized spacial score (nSPS) is 11.7. The van der Waals surface area contributed by atoms with Gasteiger partial charge in [0, 0.05) is 7.05 Å². The largest absolute Gasteiger partial charge is 0.481 e. The molecule has 3 N–H and O–H groups in total. The lowest BCUT2D eigenvalue weighted by molar-refractivity contribution is -0.173. The molecule has 0 bridgehead atoms. The minimum Gasteiger partial charge on any atom is -0.481 e. The summed E-state index contributed by atoms with van der Waals surface area (Å²) in [6, 6.07) is 26.5. The maximum Gasteiger partial charge on any atom is 0.474 e. The molecule has 0 heterocycles. The lowest BCUT2D eigenvalue weighted by Crippen LogP contribution is -2.56. The minimum absolute atomic E-state index is 0.657. The van der Waals surface area contributed by atoms with Gasteiger partial charge in [0.2, 0.25) is 0 Å². The fourth-order valence-corrected chi connectivity index (χ4v) is 4.07. The second-order valence-corrected chi connectivity index (χ2v) is 7.95. The second-order valence-electron chi connectivity index (χ2n) is 7.95. The van der Waals surface area contributed by atoms with Crippen molar-refractivity contribution in [3.63, 3.8) is 0 Å². The van der Waals surface area contributed by atoms with E-state index in [-0.39, 0.29) is 0 Å². The van der Waals surface area contributed by atoms with Crippen LogP contribution in [0.4, 0.5) is 0 Å². The summed E-state index contributed by atoms with van der Waals surface area (Å²) in [5.74, 6) is -3.16. The van der Waals surface area contributed by atoms with Gasteiger partial charge in [0.25, 0.3) is 5.78 Å². The Morgan fingerprint density at radius 3 is 1.67 bits per heavy atom. The number of hydroxylamine groups is 2. The van der Waals surface area contributed by atoms with Crippen LogP contribution in [0.1, 0.15) is 23.1 Å². The third kappa shape index (κ3) is 5.45. The number of hydrogen-bond donors (Lipinski definition) is 3. The molecule has 0 aromatic heterocycles. The zero-order valence-electron chi connectivity index (χ0n) is 19.9. The Morgan fingerprint density at radius 2 is 1.33 bits per heavy atom. The Bertz CT molecular complexity index is 1160. The van der Waals surface area contributed by atoms with Crippen molar-refractivity contribution < 1.29 is 29.1 Å². The van der Waals surface area contributed by atoms with Crippen LogP contribution in [0.15, 0.2) is 91.0 Å². The van der Waals surface area contributed by atoms with Crippen molar-refractivity contribution in [1.29, 1.82) is 5.53 Å². The fraction of sp³-hybridized carbons (Fsp3) is 0.185. The quantitative estimate of drug-likeness (QED) is 0.0951. The highest BCUT2D eigenvalue weighted by Gasteiger charge is 2.46. The summed E-state index contributed by atoms with van der Waals surface area (Å²) in [5, 5.41) is 13.7. The number of nitrogens with zero attached hydrogens (tertiary/aromatic N) is 2. The van der Waals surface area contributed by atoms with E-state index < -0.39 is 41.4 Å². The molecule has 1 atom stereocenters. The average molecular weight is 488 g/mol. The second kappa shape index (κ2) is 11.8. The van der Waals surface area contributed by atoms with E-state index in [2.05, 4.69) is 10.1 Å². The predicted octanol–water partition coefficient (Wildman–Crippen LogP) is 2.68. The van der Waals surface area contributed by atoms with E-state index in [1.807, 2.05) is 91.0 Å². The first-order valence-corrected chi connectivity index (χ1v) is 11.1. The zero-order valence-corrected chi connectivity index (χ0v) is 19.9. The van der Waals surface area contributed by atoms with Crippen LogP contribution < -0.4 is 5.32 Å². The van der Waals surface area contributed by atoms with Crippen LogP contribution in [-0.2, 0) is 24.8 Å². The standard InChI is InChI=1S/C27H26N4O5/c1-31(36-2)26(35)24(30-28)25(34)22(18-23(32)33)29-27(19-12-6-3-7-13-19,20-14-8-4-9-15-20)21-16-10-5-11-17-21/h3-17,22,28-29H,18H2,1-2H3/p+1. The Kier molecular flexibility index (Phi) is 8.59. The molecule has 0 aliphatic carbocycles. The molecule has 0 saturated carbocycles. The summed E-state index contributed by atoms with van der Waals surface area (Å²) in [5.41, 5.74) is 7.79. The highest BCUT2D eigenvalue weighted by Crippen LogP contribution is 2.37. The van der Waals surface area contributed by atoms with E-state index >= 15 is 0 Å². The van der Waals surface area contributed by atoms with Crippen molar-refractivity contribution in [2.45, 2.75) is 18.0 Å². The van der Waals surface area contributed by atoms with Gasteiger partial charge in [0.15, 0.2) is 0 Å². The molecular formula is C27H27N4O5+. The number of nitrogens with one attached hydrogen (secondary N) is 2. The van der Waals surface area contributed by atoms with Gasteiger partial charge in [-0.3, -0.25) is 24.5 Å². The van der Waals surface area contributed by atoms with Crippen LogP contribution in [-0.4, -0.2) is 58.5 Å². The molecule has 0 fully saturated rings. The van der Waals surface area contributed by atoms with Crippen LogP contribution in [0, 0.1) is 5.53 Å². The number of carbonyl (C=O) groups excluding carboxylic acids is 2. The van der Waals surface area contributed by atoms with Crippen LogP contribution in [0.2, 0.25) is 0 Å². The molecule has 1 amide bonds. The number of ketones is 1. The first kappa shape index (κ1) is 26.2. The van der Waals surface area contributed by atoms with E-state index in [0.29, 0.717) is 0 Å². The van der Waals surface area contributed by atoms with E-state index in [4.69, 9.17) is 10.4 Å². The topological polar surface area (TPSA) is 134 Å². The Labute approximate surface area is 208 Å². The van der Waals surface area contributed by atoms with Gasteiger partial charge in [0.1, 0.15) is 0 Å². The van der Waals surface area contributed by atoms with Crippen molar-refractivity contribution >= 4 is 23.4 Å². The smallest absolute Gasteiger partial charge is 0.474 e. The van der Waals surface area contributed by atoms with Crippen LogP contribution in [0.25, 0.3) is 0 Å². The Balaban J connectivity index is 2.26. The highest BCUT2D eigenvalue weighted by molar-refractivity contribution is 6.64. The first-order chi connectivity index (χ1) is 17.3. The maximum atomic E-state index is 13.6. The van der Waals surface area contributed by atoms with E-state index in [1.54, 1.807) is 0 Å². The molecular weight excluding hydrogens is 460 g/mol. The lowest BCUT2D eigenvalue weighted by atomic mass is 9.76. The fourth-order valence-electron chi connectivity index (χ4n) is 4.07. The number of aliphatic carboxylic acids is 1. The number of carboxylic acid groups (broad SMARTS) is 1. The third-order valence-electron chi connectivity index (χ3n) is 5.81. The third-order valence-corrected chi connectivity index (χ3v) is 5.81. The number of benzene rings is 3. The lowest BCUT2D eigenvalue weighted by Gasteiger charge is -2.39. The summed E-state index contributed by atoms with van der Waals surface area (Å²) >= 11 is 0. The summed E-state index contributed by atoms with van der Waals surface area (Å²) in [6.45, 7) is 0. The van der Waals surface area contributed by atoms with Crippen molar-refractivity contribution in [2.24, 2.45) is 0 Å². The van der Waals surface area contributed by atoms with Gasteiger partial charge in [-0.1, -0.05) is 91.0 Å². The number of hydrogen-bond acceptors (Lipinski definition) is 6. The SMILES string of the molecule is CON(C)C(=O)C(=[N+]=N)C(=O)C(CC(=O)O)NC(c1ccccc1)(c1ccccc1)c1ccccc1. The van der Waals surface area contributed by atoms with Gasteiger partial charge in [-0.15, -0.1) is 0 Å². The molecule has 0 radical (unpaired) electrons. The van der Waals surface area contributed by atoms with Crippen molar-refractivity contribution in [2.75, 3.05) is 14.2 Å². The number of carboxylic acids is 1. The zero-order chi connectivity index (χ0) is 26.1. The average Bonchev–Trinajstić information content (AvgIpc) is 2.92. The van der Waals surface area contributed by atoms with Crippen molar-refractivity contribution in [3.05, 3.63) is 108 Å². The summed E-state index contributed by atoms with van der Waals surface area (Å²) in [4.78, 5) is 46.1. The number of amides is 1. The molecule has 9 heteroatoms. The van der Waals surface area contributed by atoms with Crippen molar-refractivity contribution in [1.82, 2.24) is 10.4 Å². The molecule has 36 heavy (non-hydrogen) atoms. The molecule has 9 nitrogen and oxygen atoms in total. The summed E-state index contributed by atoms with van der Waals surface area (Å²) < 4.78 is 0. The number of carbonyl (C=O) groups is 3. The van der Waals surface area contributed by atoms with Gasteiger partial charge in [-0.05, 0) is 16.7 Å². The molecule has 3 aromatic rings. The molecule has 184 valence electrons. The molecule has 0 aliphatic rings. The monoisotopic (exact) mass is 487 g/mol. The van der Waals surface area contributed by atoms with Crippen LogP contribution >= 0.6 is 0 Å². The molecule has 0 spiro atoms. The van der Waals surface area contributed by atoms with Gasteiger partial charge >= 0.3 is 17.6 Å². The number of rotatable bonds is 11. The minimum atomic E-state index is -1.42. The van der Waals surface area contributed by atoms with E-state index in [0.717, 1.165) is 21.8 Å². The van der Waals surface area contributed by atoms with Gasteiger partial charge < -0.3 is 5.11 Å². The van der Waals surface area contributed by atoms with Crippen LogP contribution in [0.3, 0.4) is 0 Å². The molecule has 0 aliphatic heterocycles. The number of Topliss-reactive ketones (excluding diaryl/α,β-unsaturated/α-hetero) is 1. The van der Waals surface area contributed by atoms with Gasteiger partial charge in [-0.25, -0.2) is 5.06 Å². The molecule has 0 saturated heterocycles. The summed E-state index contributed by atoms with van der Waals surface area (Å²) in [7, 11) is 2.49. The van der Waals surface area contributed by atoms with E-state index in [9.17, 15) is 19.5 Å². The predicted molar refractivity (Wildman–Crippen MR) is 131 cm³/mol. The van der Waals surface area contributed by atoms with Crippen molar-refractivity contribution in [3.8, 4) is 0 Å². The maximum absolute atomic E-state index is 13.6. The highest BCUT2D eigenvalue weighted by atomic mass is 16.7. The first-order valence-electron chi connectivity index (χ1n) is 11.1. The van der Waals surface area contributed by atoms with Gasteiger partial charge in [0.05, 0.1) is 35.4 Å².